The highest BCUT2D eigenvalue weighted by atomic mass is 32.2. The smallest absolute Gasteiger partial charge is 0.0218 e. The molecular formula is C11H26N2S. The third-order valence-corrected chi connectivity index (χ3v) is 3.29. The van der Waals surface area contributed by atoms with Crippen molar-refractivity contribution in [3.8, 4) is 0 Å². The molecule has 0 bridgehead atoms. The molecule has 0 aliphatic rings. The first kappa shape index (κ1) is 14.3. The molecular weight excluding hydrogens is 192 g/mol. The minimum atomic E-state index is 0.604. The highest BCUT2D eigenvalue weighted by Gasteiger charge is 2.13. The van der Waals surface area contributed by atoms with E-state index in [0.29, 0.717) is 6.04 Å². The van der Waals surface area contributed by atoms with Crippen molar-refractivity contribution in [2.24, 2.45) is 5.73 Å². The summed E-state index contributed by atoms with van der Waals surface area (Å²) < 4.78 is 0. The van der Waals surface area contributed by atoms with Gasteiger partial charge in [0.25, 0.3) is 0 Å². The Morgan fingerprint density at radius 1 is 1.36 bits per heavy atom. The molecule has 0 aromatic carbocycles. The van der Waals surface area contributed by atoms with E-state index < -0.39 is 0 Å². The average molecular weight is 218 g/mol. The van der Waals surface area contributed by atoms with Crippen molar-refractivity contribution >= 4 is 11.8 Å². The molecule has 1 atom stereocenters. The Labute approximate surface area is 93.6 Å². The molecule has 0 heterocycles. The summed E-state index contributed by atoms with van der Waals surface area (Å²) in [6.45, 7) is 7.60. The highest BCUT2D eigenvalue weighted by molar-refractivity contribution is 7.98. The Balaban J connectivity index is 3.81. The summed E-state index contributed by atoms with van der Waals surface area (Å²) in [6, 6.07) is 0.604. The zero-order valence-electron chi connectivity index (χ0n) is 9.96. The van der Waals surface area contributed by atoms with Gasteiger partial charge in [-0.25, -0.2) is 0 Å². The maximum atomic E-state index is 5.81. The maximum absolute atomic E-state index is 5.81. The summed E-state index contributed by atoms with van der Waals surface area (Å²) in [5.41, 5.74) is 5.81. The SMILES string of the molecule is CCCN(CC)C(CN)CCCSC. The van der Waals surface area contributed by atoms with Gasteiger partial charge in [0.15, 0.2) is 0 Å². The maximum Gasteiger partial charge on any atom is 0.0218 e. The first-order valence-electron chi connectivity index (χ1n) is 5.73. The summed E-state index contributed by atoms with van der Waals surface area (Å²) >= 11 is 1.93. The fourth-order valence-electron chi connectivity index (χ4n) is 1.80. The molecule has 0 radical (unpaired) electrons. The van der Waals surface area contributed by atoms with Gasteiger partial charge >= 0.3 is 0 Å². The topological polar surface area (TPSA) is 29.3 Å². The lowest BCUT2D eigenvalue weighted by Gasteiger charge is -2.29. The van der Waals surface area contributed by atoms with Crippen molar-refractivity contribution < 1.29 is 0 Å². The van der Waals surface area contributed by atoms with Crippen LogP contribution in [0.2, 0.25) is 0 Å². The second kappa shape index (κ2) is 9.81. The zero-order chi connectivity index (χ0) is 10.8. The van der Waals surface area contributed by atoms with Gasteiger partial charge in [-0.3, -0.25) is 4.90 Å². The number of hydrogen-bond acceptors (Lipinski definition) is 3. The second-order valence-electron chi connectivity index (χ2n) is 3.65. The summed E-state index contributed by atoms with van der Waals surface area (Å²) in [5, 5.41) is 0. The van der Waals surface area contributed by atoms with Crippen LogP contribution in [0.1, 0.15) is 33.1 Å². The molecule has 0 fully saturated rings. The molecule has 1 unspecified atom stereocenters. The Hall–Kier alpha value is 0.270. The molecule has 14 heavy (non-hydrogen) atoms. The van der Waals surface area contributed by atoms with Crippen molar-refractivity contribution in [1.29, 1.82) is 0 Å². The van der Waals surface area contributed by atoms with E-state index in [1.807, 2.05) is 11.8 Å². The predicted molar refractivity (Wildman–Crippen MR) is 68.0 cm³/mol. The zero-order valence-corrected chi connectivity index (χ0v) is 10.8. The van der Waals surface area contributed by atoms with Crippen LogP contribution in [0, 0.1) is 0 Å². The fraction of sp³-hybridized carbons (Fsp3) is 1.00. The standard InChI is InChI=1S/C11H26N2S/c1-4-8-13(5-2)11(10-12)7-6-9-14-3/h11H,4-10,12H2,1-3H3. The van der Waals surface area contributed by atoms with Crippen molar-refractivity contribution in [1.82, 2.24) is 4.90 Å². The van der Waals surface area contributed by atoms with Gasteiger partial charge in [0.05, 0.1) is 0 Å². The van der Waals surface area contributed by atoms with Gasteiger partial charge < -0.3 is 5.73 Å². The molecule has 0 amide bonds. The average Bonchev–Trinajstić information content (AvgIpc) is 2.22. The van der Waals surface area contributed by atoms with Crippen LogP contribution in [0.3, 0.4) is 0 Å². The predicted octanol–water partition coefficient (Wildman–Crippen LogP) is 2.19. The van der Waals surface area contributed by atoms with Gasteiger partial charge in [-0.05, 0) is 44.4 Å². The van der Waals surface area contributed by atoms with E-state index in [4.69, 9.17) is 5.73 Å². The van der Waals surface area contributed by atoms with E-state index in [1.54, 1.807) is 0 Å². The molecule has 0 aliphatic heterocycles. The van der Waals surface area contributed by atoms with Gasteiger partial charge in [0.2, 0.25) is 0 Å². The van der Waals surface area contributed by atoms with Crippen LogP contribution in [0.15, 0.2) is 0 Å². The molecule has 0 aromatic heterocycles. The molecule has 3 heteroatoms. The van der Waals surface area contributed by atoms with Crippen LogP contribution >= 0.6 is 11.8 Å². The first-order valence-corrected chi connectivity index (χ1v) is 7.12. The minimum Gasteiger partial charge on any atom is -0.329 e. The van der Waals surface area contributed by atoms with Gasteiger partial charge in [-0.2, -0.15) is 11.8 Å². The van der Waals surface area contributed by atoms with Crippen molar-refractivity contribution in [2.45, 2.75) is 39.2 Å². The largest absolute Gasteiger partial charge is 0.329 e. The minimum absolute atomic E-state index is 0.604. The van der Waals surface area contributed by atoms with Gasteiger partial charge in [0, 0.05) is 12.6 Å². The Bertz CT molecular complexity index is 120. The summed E-state index contributed by atoms with van der Waals surface area (Å²) in [6.07, 6.45) is 5.95. The van der Waals surface area contributed by atoms with E-state index in [0.717, 1.165) is 13.1 Å². The van der Waals surface area contributed by atoms with Crippen LogP contribution in [-0.2, 0) is 0 Å². The van der Waals surface area contributed by atoms with Crippen molar-refractivity contribution in [3.63, 3.8) is 0 Å². The van der Waals surface area contributed by atoms with Crippen LogP contribution in [0.5, 0.6) is 0 Å². The van der Waals surface area contributed by atoms with Crippen molar-refractivity contribution in [3.05, 3.63) is 0 Å². The molecule has 0 spiro atoms. The van der Waals surface area contributed by atoms with Gasteiger partial charge in [0.1, 0.15) is 0 Å². The molecule has 0 aromatic rings. The normalized spacial score (nSPS) is 13.5. The number of likely N-dealkylation sites (N-methyl/N-ethyl adjacent to an activating group) is 1. The van der Waals surface area contributed by atoms with E-state index in [1.165, 1.54) is 31.6 Å². The lowest BCUT2D eigenvalue weighted by Crippen LogP contribution is -2.41. The third-order valence-electron chi connectivity index (χ3n) is 2.59. The molecule has 0 saturated heterocycles. The Morgan fingerprint density at radius 3 is 2.50 bits per heavy atom. The molecule has 0 saturated carbocycles. The number of thioether (sulfide) groups is 1. The van der Waals surface area contributed by atoms with Gasteiger partial charge in [-0.15, -0.1) is 0 Å². The molecule has 86 valence electrons. The van der Waals surface area contributed by atoms with Crippen molar-refractivity contribution in [2.75, 3.05) is 31.6 Å². The van der Waals surface area contributed by atoms with E-state index in [2.05, 4.69) is 25.0 Å². The number of nitrogens with zero attached hydrogens (tertiary/aromatic N) is 1. The molecule has 0 aliphatic carbocycles. The second-order valence-corrected chi connectivity index (χ2v) is 4.64. The van der Waals surface area contributed by atoms with Gasteiger partial charge in [-0.1, -0.05) is 13.8 Å². The first-order chi connectivity index (χ1) is 6.79. The third kappa shape index (κ3) is 5.89. The van der Waals surface area contributed by atoms with Crippen LogP contribution < -0.4 is 5.73 Å². The highest BCUT2D eigenvalue weighted by Crippen LogP contribution is 2.09. The summed E-state index contributed by atoms with van der Waals surface area (Å²) in [4.78, 5) is 2.51. The Morgan fingerprint density at radius 2 is 2.07 bits per heavy atom. The van der Waals surface area contributed by atoms with Crippen LogP contribution in [0.4, 0.5) is 0 Å². The van der Waals surface area contributed by atoms with Crippen LogP contribution in [-0.4, -0.2) is 42.6 Å². The lowest BCUT2D eigenvalue weighted by molar-refractivity contribution is 0.200. The van der Waals surface area contributed by atoms with E-state index >= 15 is 0 Å². The number of nitrogens with two attached hydrogens (primary N) is 1. The summed E-state index contributed by atoms with van der Waals surface area (Å²) in [7, 11) is 0. The van der Waals surface area contributed by atoms with E-state index in [-0.39, 0.29) is 0 Å². The number of hydrogen-bond donors (Lipinski definition) is 1. The monoisotopic (exact) mass is 218 g/mol. The fourth-order valence-corrected chi connectivity index (χ4v) is 2.25. The molecule has 2 N–H and O–H groups in total. The Kier molecular flexibility index (Phi) is 10.0. The lowest BCUT2D eigenvalue weighted by atomic mass is 10.1. The molecule has 0 rings (SSSR count). The van der Waals surface area contributed by atoms with E-state index in [9.17, 15) is 0 Å². The summed E-state index contributed by atoms with van der Waals surface area (Å²) in [5.74, 6) is 1.26. The molecule has 2 nitrogen and oxygen atoms in total. The van der Waals surface area contributed by atoms with Crippen LogP contribution in [0.25, 0.3) is 0 Å². The number of rotatable bonds is 9. The quantitative estimate of drug-likeness (QED) is 0.602.